The van der Waals surface area contributed by atoms with Crippen LogP contribution in [0.1, 0.15) is 73.1 Å². The molecule has 160 valence electrons. The first-order valence-electron chi connectivity index (χ1n) is 10.6. The Morgan fingerprint density at radius 2 is 2.00 bits per heavy atom. The van der Waals surface area contributed by atoms with Crippen LogP contribution in [0.5, 0.6) is 0 Å². The first-order chi connectivity index (χ1) is 13.4. The second-order valence-corrected chi connectivity index (χ2v) is 10.5. The van der Waals surface area contributed by atoms with Gasteiger partial charge in [-0.25, -0.2) is 9.67 Å². The number of carbonyl (C=O) groups excluding carboxylic acids is 1. The number of nitrogens with one attached hydrogen (secondary N) is 1. The fourth-order valence-electron chi connectivity index (χ4n) is 4.83. The van der Waals surface area contributed by atoms with Crippen LogP contribution in [0, 0.1) is 18.3 Å². The molecule has 0 radical (unpaired) electrons. The quantitative estimate of drug-likeness (QED) is 0.851. The number of rotatable bonds is 4. The van der Waals surface area contributed by atoms with Crippen molar-refractivity contribution >= 4 is 16.9 Å². The number of aryl methyl sites for hydroxylation is 1. The number of hydrogen-bond donors (Lipinski definition) is 1. The van der Waals surface area contributed by atoms with E-state index in [0.717, 1.165) is 12.8 Å². The molecule has 2 aromatic rings. The Hall–Kier alpha value is -2.18. The van der Waals surface area contributed by atoms with Gasteiger partial charge in [0.05, 0.1) is 11.7 Å². The zero-order valence-corrected chi connectivity index (χ0v) is 18.9. The van der Waals surface area contributed by atoms with Crippen LogP contribution in [0.4, 0.5) is 0 Å². The minimum atomic E-state index is -0.259. The van der Waals surface area contributed by atoms with Crippen molar-refractivity contribution in [2.45, 2.75) is 92.3 Å². The molecule has 2 aromatic heterocycles. The summed E-state index contributed by atoms with van der Waals surface area (Å²) in [6.45, 7) is 15.0. The number of fused-ring (bicyclic) bond motifs is 1. The molecule has 1 fully saturated rings. The molecule has 1 N–H and O–H groups in total. The molecular formula is C22H35N5O2. The number of hydrogen-bond acceptors (Lipinski definition) is 4. The van der Waals surface area contributed by atoms with Gasteiger partial charge in [-0.1, -0.05) is 20.8 Å². The molecule has 29 heavy (non-hydrogen) atoms. The Morgan fingerprint density at radius 1 is 1.31 bits per heavy atom. The number of nitrogens with zero attached hydrogens (tertiary/aromatic N) is 4. The predicted octanol–water partition coefficient (Wildman–Crippen LogP) is 3.38. The lowest BCUT2D eigenvalue weighted by molar-refractivity contribution is -0.122. The van der Waals surface area contributed by atoms with E-state index in [4.69, 9.17) is 0 Å². The van der Waals surface area contributed by atoms with Gasteiger partial charge in [0.1, 0.15) is 11.2 Å². The van der Waals surface area contributed by atoms with Crippen LogP contribution in [-0.2, 0) is 16.9 Å². The van der Waals surface area contributed by atoms with Crippen LogP contribution in [-0.4, -0.2) is 31.3 Å². The van der Waals surface area contributed by atoms with Crippen LogP contribution in [0.3, 0.4) is 0 Å². The van der Waals surface area contributed by atoms with E-state index in [2.05, 4.69) is 36.2 Å². The smallest absolute Gasteiger partial charge is 0.264 e. The van der Waals surface area contributed by atoms with Crippen molar-refractivity contribution in [3.63, 3.8) is 0 Å². The van der Waals surface area contributed by atoms with E-state index in [1.807, 2.05) is 27.7 Å². The summed E-state index contributed by atoms with van der Waals surface area (Å²) in [7, 11) is 0. The van der Waals surface area contributed by atoms with Gasteiger partial charge >= 0.3 is 0 Å². The average Bonchev–Trinajstić information content (AvgIpc) is 2.96. The lowest BCUT2D eigenvalue weighted by atomic mass is 9.70. The van der Waals surface area contributed by atoms with Crippen LogP contribution >= 0.6 is 0 Å². The van der Waals surface area contributed by atoms with Crippen LogP contribution in [0.2, 0.25) is 0 Å². The maximum absolute atomic E-state index is 13.0. The van der Waals surface area contributed by atoms with Crippen molar-refractivity contribution in [2.24, 2.45) is 11.3 Å². The highest BCUT2D eigenvalue weighted by Gasteiger charge is 2.32. The third kappa shape index (κ3) is 4.70. The third-order valence-corrected chi connectivity index (χ3v) is 5.83. The standard InChI is InChI=1S/C22H35N5O2/c1-14-10-16(12-22(6,7)11-14)25-18(28)8-9-26-15(2)24-19-17(20(26)29)13-23-27(19)21(3,4)5/h13-14,16H,8-12H2,1-7H3,(H,25,28). The predicted molar refractivity (Wildman–Crippen MR) is 115 cm³/mol. The van der Waals surface area contributed by atoms with Crippen molar-refractivity contribution < 1.29 is 4.79 Å². The van der Waals surface area contributed by atoms with Crippen LogP contribution in [0.25, 0.3) is 11.0 Å². The molecule has 0 aliphatic heterocycles. The summed E-state index contributed by atoms with van der Waals surface area (Å²) in [5, 5.41) is 8.04. The third-order valence-electron chi connectivity index (χ3n) is 5.83. The van der Waals surface area contributed by atoms with Gasteiger partial charge in [0.2, 0.25) is 5.91 Å². The van der Waals surface area contributed by atoms with Gasteiger partial charge in [-0.05, 0) is 58.3 Å². The first-order valence-corrected chi connectivity index (χ1v) is 10.6. The summed E-state index contributed by atoms with van der Waals surface area (Å²) in [5.41, 5.74) is 0.456. The number of aromatic nitrogens is 4. The zero-order chi connectivity index (χ0) is 21.6. The van der Waals surface area contributed by atoms with E-state index in [1.165, 1.54) is 6.42 Å². The molecule has 1 amide bonds. The fraction of sp³-hybridized carbons (Fsp3) is 0.727. The molecular weight excluding hydrogens is 366 g/mol. The van der Waals surface area contributed by atoms with Crippen molar-refractivity contribution in [3.8, 4) is 0 Å². The fourth-order valence-corrected chi connectivity index (χ4v) is 4.83. The summed E-state index contributed by atoms with van der Waals surface area (Å²) in [5.74, 6) is 1.21. The van der Waals surface area contributed by atoms with Crippen LogP contribution in [0.15, 0.2) is 11.0 Å². The monoisotopic (exact) mass is 401 g/mol. The molecule has 1 saturated carbocycles. The molecule has 0 aromatic carbocycles. The Kier molecular flexibility index (Phi) is 5.62. The maximum Gasteiger partial charge on any atom is 0.264 e. The summed E-state index contributed by atoms with van der Waals surface area (Å²) in [4.78, 5) is 30.1. The lowest BCUT2D eigenvalue weighted by Crippen LogP contribution is -2.43. The van der Waals surface area contributed by atoms with E-state index < -0.39 is 0 Å². The largest absolute Gasteiger partial charge is 0.353 e. The minimum absolute atomic E-state index is 0.00307. The highest BCUT2D eigenvalue weighted by Crippen LogP contribution is 2.38. The first kappa shape index (κ1) is 21.5. The van der Waals surface area contributed by atoms with Gasteiger partial charge in [-0.2, -0.15) is 5.10 Å². The van der Waals surface area contributed by atoms with Gasteiger partial charge in [0.25, 0.3) is 5.56 Å². The van der Waals surface area contributed by atoms with E-state index >= 15 is 0 Å². The summed E-state index contributed by atoms with van der Waals surface area (Å²) in [6.07, 6.45) is 5.07. The van der Waals surface area contributed by atoms with Gasteiger partial charge in [-0.15, -0.1) is 0 Å². The van der Waals surface area contributed by atoms with Crippen molar-refractivity contribution in [1.29, 1.82) is 0 Å². The van der Waals surface area contributed by atoms with Crippen LogP contribution < -0.4 is 10.9 Å². The lowest BCUT2D eigenvalue weighted by Gasteiger charge is -2.39. The normalized spacial score (nSPS) is 22.0. The molecule has 0 saturated heterocycles. The number of carbonyl (C=O) groups is 1. The zero-order valence-electron chi connectivity index (χ0n) is 18.9. The van der Waals surface area contributed by atoms with E-state index in [0.29, 0.717) is 29.3 Å². The van der Waals surface area contributed by atoms with Gasteiger partial charge in [-0.3, -0.25) is 14.2 Å². The average molecular weight is 402 g/mol. The SMILES string of the molecule is Cc1nc2c(cnn2C(C)(C)C)c(=O)n1CCC(=O)NC1CC(C)CC(C)(C)C1. The van der Waals surface area contributed by atoms with Crippen molar-refractivity contribution in [1.82, 2.24) is 24.6 Å². The Morgan fingerprint density at radius 3 is 2.62 bits per heavy atom. The maximum atomic E-state index is 13.0. The minimum Gasteiger partial charge on any atom is -0.353 e. The Labute approximate surface area is 172 Å². The second kappa shape index (κ2) is 7.58. The number of amides is 1. The van der Waals surface area contributed by atoms with E-state index in [9.17, 15) is 9.59 Å². The molecule has 0 spiro atoms. The Balaban J connectivity index is 1.72. The molecule has 2 heterocycles. The molecule has 2 atom stereocenters. The molecule has 3 rings (SSSR count). The molecule has 0 bridgehead atoms. The molecule has 1 aliphatic carbocycles. The highest BCUT2D eigenvalue weighted by molar-refractivity contribution is 5.76. The topological polar surface area (TPSA) is 81.8 Å². The Bertz CT molecular complexity index is 964. The van der Waals surface area contributed by atoms with Gasteiger partial charge < -0.3 is 5.32 Å². The summed E-state index contributed by atoms with van der Waals surface area (Å²) < 4.78 is 3.36. The molecule has 7 nitrogen and oxygen atoms in total. The van der Waals surface area contributed by atoms with Gasteiger partial charge in [0, 0.05) is 19.0 Å². The molecule has 1 aliphatic rings. The molecule has 2 unspecified atom stereocenters. The second-order valence-electron chi connectivity index (χ2n) is 10.5. The summed E-state index contributed by atoms with van der Waals surface area (Å²) in [6, 6.07) is 0.213. The van der Waals surface area contributed by atoms with Gasteiger partial charge in [0.15, 0.2) is 5.65 Å². The van der Waals surface area contributed by atoms with E-state index in [-0.39, 0.29) is 34.9 Å². The highest BCUT2D eigenvalue weighted by atomic mass is 16.2. The van der Waals surface area contributed by atoms with E-state index in [1.54, 1.807) is 15.4 Å². The summed E-state index contributed by atoms with van der Waals surface area (Å²) >= 11 is 0. The molecule has 7 heteroatoms. The van der Waals surface area contributed by atoms with Crippen molar-refractivity contribution in [2.75, 3.05) is 0 Å². The van der Waals surface area contributed by atoms with Crippen molar-refractivity contribution in [3.05, 3.63) is 22.4 Å².